The van der Waals surface area contributed by atoms with E-state index in [0.717, 1.165) is 0 Å². The van der Waals surface area contributed by atoms with Gasteiger partial charge >= 0.3 is 0 Å². The van der Waals surface area contributed by atoms with E-state index in [1.54, 1.807) is 0 Å². The zero-order valence-corrected chi connectivity index (χ0v) is 7.13. The van der Waals surface area contributed by atoms with Crippen molar-refractivity contribution >= 4 is 15.9 Å². The van der Waals surface area contributed by atoms with Crippen molar-refractivity contribution in [3.05, 3.63) is 22.9 Å². The summed E-state index contributed by atoms with van der Waals surface area (Å²) in [5.41, 5.74) is 0. The molecule has 4 heteroatoms. The lowest BCUT2D eigenvalue weighted by atomic mass is 10.4. The van der Waals surface area contributed by atoms with E-state index in [1.165, 1.54) is 13.2 Å². The average molecular weight is 209 g/mol. The van der Waals surface area contributed by atoms with Crippen molar-refractivity contribution in [1.29, 1.82) is 0 Å². The molecular formula is C6H9BrO3. The molecule has 0 bridgehead atoms. The zero-order chi connectivity index (χ0) is 8.15. The number of aliphatic hydroxyl groups excluding tert-OH is 2. The van der Waals surface area contributed by atoms with Crippen molar-refractivity contribution < 1.29 is 14.9 Å². The second-order valence-corrected chi connectivity index (χ2v) is 2.44. The van der Waals surface area contributed by atoms with Crippen LogP contribution in [0.25, 0.3) is 0 Å². The van der Waals surface area contributed by atoms with Gasteiger partial charge in [0.2, 0.25) is 0 Å². The van der Waals surface area contributed by atoms with Gasteiger partial charge in [0, 0.05) is 7.11 Å². The molecule has 0 heterocycles. The molecule has 0 rings (SSSR count). The first-order chi connectivity index (χ1) is 4.57. The Morgan fingerprint density at radius 2 is 2.30 bits per heavy atom. The SMILES string of the molecule is C=C(O)/C(Br)=C\C(O)OC. The molecule has 1 unspecified atom stereocenters. The van der Waals surface area contributed by atoms with Gasteiger partial charge in [0.1, 0.15) is 5.76 Å². The van der Waals surface area contributed by atoms with E-state index in [2.05, 4.69) is 27.2 Å². The highest BCUT2D eigenvalue weighted by Crippen LogP contribution is 2.12. The molecule has 58 valence electrons. The average Bonchev–Trinajstić information content (AvgIpc) is 1.87. The van der Waals surface area contributed by atoms with Crippen LogP contribution >= 0.6 is 15.9 Å². The maximum atomic E-state index is 8.80. The number of aliphatic hydroxyl groups is 2. The Kier molecular flexibility index (Phi) is 4.34. The summed E-state index contributed by atoms with van der Waals surface area (Å²) in [6.45, 7) is 3.22. The van der Waals surface area contributed by atoms with Crippen LogP contribution in [0.2, 0.25) is 0 Å². The number of halogens is 1. The minimum atomic E-state index is -1.02. The standard InChI is InChI=1S/C6H9BrO3/c1-4(8)5(7)3-6(9)10-2/h3,6,8-9H,1H2,2H3/b5-3+. The first-order valence-corrected chi connectivity index (χ1v) is 3.33. The molecule has 0 radical (unpaired) electrons. The lowest BCUT2D eigenvalue weighted by molar-refractivity contribution is -0.0359. The number of rotatable bonds is 3. The Labute approximate surface area is 67.8 Å². The van der Waals surface area contributed by atoms with Crippen molar-refractivity contribution in [2.24, 2.45) is 0 Å². The molecule has 0 aliphatic carbocycles. The molecule has 0 aliphatic rings. The first-order valence-electron chi connectivity index (χ1n) is 2.54. The van der Waals surface area contributed by atoms with E-state index in [0.29, 0.717) is 4.48 Å². The van der Waals surface area contributed by atoms with Gasteiger partial charge in [0.05, 0.1) is 4.48 Å². The molecule has 0 saturated heterocycles. The second-order valence-electron chi connectivity index (χ2n) is 1.59. The van der Waals surface area contributed by atoms with Crippen molar-refractivity contribution in [2.45, 2.75) is 6.29 Å². The third-order valence-electron chi connectivity index (χ3n) is 0.806. The quantitative estimate of drug-likeness (QED) is 0.418. The van der Waals surface area contributed by atoms with Gasteiger partial charge in [-0.1, -0.05) is 6.58 Å². The lowest BCUT2D eigenvalue weighted by Crippen LogP contribution is -2.04. The minimum absolute atomic E-state index is 0.142. The van der Waals surface area contributed by atoms with Gasteiger partial charge in [-0.05, 0) is 22.0 Å². The molecule has 0 spiro atoms. The maximum Gasteiger partial charge on any atom is 0.175 e. The van der Waals surface area contributed by atoms with E-state index in [1.807, 2.05) is 0 Å². The molecular weight excluding hydrogens is 200 g/mol. The smallest absolute Gasteiger partial charge is 0.175 e. The first kappa shape index (κ1) is 9.68. The Morgan fingerprint density at radius 1 is 1.80 bits per heavy atom. The van der Waals surface area contributed by atoms with Gasteiger partial charge in [0.15, 0.2) is 6.29 Å². The molecule has 2 N–H and O–H groups in total. The highest BCUT2D eigenvalue weighted by atomic mass is 79.9. The van der Waals surface area contributed by atoms with Crippen LogP contribution in [0.4, 0.5) is 0 Å². The van der Waals surface area contributed by atoms with Crippen LogP contribution in [0.5, 0.6) is 0 Å². The molecule has 0 aliphatic heterocycles. The summed E-state index contributed by atoms with van der Waals surface area (Å²) < 4.78 is 4.79. The van der Waals surface area contributed by atoms with E-state index in [4.69, 9.17) is 10.2 Å². The van der Waals surface area contributed by atoms with Gasteiger partial charge in [-0.25, -0.2) is 0 Å². The Balaban J connectivity index is 4.02. The Bertz CT molecular complexity index is 153. The van der Waals surface area contributed by atoms with Gasteiger partial charge in [-0.3, -0.25) is 0 Å². The molecule has 0 amide bonds. The second kappa shape index (κ2) is 4.49. The summed E-state index contributed by atoms with van der Waals surface area (Å²) in [6, 6.07) is 0. The molecule has 0 aromatic rings. The fraction of sp³-hybridized carbons (Fsp3) is 0.333. The number of hydrogen-bond acceptors (Lipinski definition) is 3. The summed E-state index contributed by atoms with van der Waals surface area (Å²) in [4.78, 5) is 0. The largest absolute Gasteiger partial charge is 0.507 e. The highest BCUT2D eigenvalue weighted by molar-refractivity contribution is 9.11. The predicted octanol–water partition coefficient (Wildman–Crippen LogP) is 1.30. The van der Waals surface area contributed by atoms with Gasteiger partial charge < -0.3 is 14.9 Å². The molecule has 1 atom stereocenters. The monoisotopic (exact) mass is 208 g/mol. The van der Waals surface area contributed by atoms with Crippen LogP contribution in [0.1, 0.15) is 0 Å². The van der Waals surface area contributed by atoms with Crippen LogP contribution < -0.4 is 0 Å². The van der Waals surface area contributed by atoms with Crippen molar-refractivity contribution in [3.63, 3.8) is 0 Å². The molecule has 3 nitrogen and oxygen atoms in total. The Hall–Kier alpha value is -0.320. The summed E-state index contributed by atoms with van der Waals surface area (Å²) in [5, 5.41) is 17.5. The highest BCUT2D eigenvalue weighted by Gasteiger charge is 1.99. The molecule has 0 saturated carbocycles. The molecule has 10 heavy (non-hydrogen) atoms. The number of hydrogen-bond donors (Lipinski definition) is 2. The third kappa shape index (κ3) is 3.66. The van der Waals surface area contributed by atoms with Crippen LogP contribution in [0.3, 0.4) is 0 Å². The fourth-order valence-corrected chi connectivity index (χ4v) is 0.516. The van der Waals surface area contributed by atoms with Crippen molar-refractivity contribution in [2.75, 3.05) is 7.11 Å². The molecule has 0 aromatic carbocycles. The summed E-state index contributed by atoms with van der Waals surface area (Å²) >= 11 is 2.96. The van der Waals surface area contributed by atoms with Crippen LogP contribution in [-0.4, -0.2) is 23.6 Å². The number of methoxy groups -OCH3 is 1. The van der Waals surface area contributed by atoms with Crippen molar-refractivity contribution in [3.8, 4) is 0 Å². The summed E-state index contributed by atoms with van der Waals surface area (Å²) in [5.74, 6) is -0.142. The maximum absolute atomic E-state index is 8.80. The van der Waals surface area contributed by atoms with Crippen LogP contribution in [-0.2, 0) is 4.74 Å². The van der Waals surface area contributed by atoms with E-state index in [9.17, 15) is 0 Å². The van der Waals surface area contributed by atoms with Gasteiger partial charge in [-0.2, -0.15) is 0 Å². The minimum Gasteiger partial charge on any atom is -0.507 e. The number of ether oxygens (including phenoxy) is 1. The van der Waals surface area contributed by atoms with Crippen LogP contribution in [0.15, 0.2) is 22.9 Å². The molecule has 0 fully saturated rings. The summed E-state index contributed by atoms with van der Waals surface area (Å²) in [6.07, 6.45) is 0.265. The van der Waals surface area contributed by atoms with Crippen LogP contribution in [0, 0.1) is 0 Å². The summed E-state index contributed by atoms with van der Waals surface area (Å²) in [7, 11) is 1.35. The van der Waals surface area contributed by atoms with E-state index < -0.39 is 6.29 Å². The topological polar surface area (TPSA) is 49.7 Å². The Morgan fingerprint density at radius 3 is 2.60 bits per heavy atom. The normalized spacial score (nSPS) is 14.9. The predicted molar refractivity (Wildman–Crippen MR) is 41.8 cm³/mol. The fourth-order valence-electron chi connectivity index (χ4n) is 0.289. The van der Waals surface area contributed by atoms with E-state index in [-0.39, 0.29) is 5.76 Å². The zero-order valence-electron chi connectivity index (χ0n) is 5.54. The van der Waals surface area contributed by atoms with Gasteiger partial charge in [0.25, 0.3) is 0 Å². The molecule has 0 aromatic heterocycles. The van der Waals surface area contributed by atoms with Gasteiger partial charge in [-0.15, -0.1) is 0 Å². The number of allylic oxidation sites excluding steroid dienone is 1. The lowest BCUT2D eigenvalue weighted by Gasteiger charge is -2.02. The van der Waals surface area contributed by atoms with E-state index >= 15 is 0 Å². The van der Waals surface area contributed by atoms with Crippen molar-refractivity contribution in [1.82, 2.24) is 0 Å². The third-order valence-corrected chi connectivity index (χ3v) is 1.53.